The number of methoxy groups -OCH3 is 1. The van der Waals surface area contributed by atoms with Gasteiger partial charge in [0, 0.05) is 19.7 Å². The topological polar surface area (TPSA) is 84.3 Å². The van der Waals surface area contributed by atoms with Crippen LogP contribution in [0.1, 0.15) is 12.2 Å². The summed E-state index contributed by atoms with van der Waals surface area (Å²) in [6.07, 6.45) is 0.759. The number of H-pyrrole nitrogens is 1. The predicted molar refractivity (Wildman–Crippen MR) is 73.0 cm³/mol. The van der Waals surface area contributed by atoms with Gasteiger partial charge < -0.3 is 10.1 Å². The average Bonchev–Trinajstić information content (AvgIpc) is 2.72. The summed E-state index contributed by atoms with van der Waals surface area (Å²) in [6.45, 7) is 2.95. The molecular weight excluding hydrogens is 270 g/mol. The first-order valence-corrected chi connectivity index (χ1v) is 6.37. The summed E-state index contributed by atoms with van der Waals surface area (Å²) in [6, 6.07) is 1.71. The SMILES string of the molecule is COCC(Cl)CCNc1cc2n[nH]c(=O)n2c(C)n1. The molecule has 8 heteroatoms. The minimum absolute atomic E-state index is 0.0321. The number of alkyl halides is 1. The summed E-state index contributed by atoms with van der Waals surface area (Å²) in [5.41, 5.74) is 0.256. The lowest BCUT2D eigenvalue weighted by atomic mass is 10.3. The van der Waals surface area contributed by atoms with Crippen molar-refractivity contribution < 1.29 is 4.74 Å². The number of aromatic nitrogens is 4. The Hall–Kier alpha value is -1.60. The molecule has 0 bridgehead atoms. The molecule has 2 heterocycles. The number of halogens is 1. The number of aryl methyl sites for hydroxylation is 1. The standard InChI is InChI=1S/C11H16ClN5O2/c1-7-14-9(13-4-3-8(12)6-19-2)5-10-15-16-11(18)17(7)10/h5,8,13H,3-4,6H2,1-2H3,(H,16,18). The number of nitrogens with zero attached hydrogens (tertiary/aromatic N) is 3. The Morgan fingerprint density at radius 3 is 3.16 bits per heavy atom. The molecule has 0 spiro atoms. The Bertz CT molecular complexity index is 609. The Morgan fingerprint density at radius 1 is 1.63 bits per heavy atom. The molecule has 2 N–H and O–H groups in total. The van der Waals surface area contributed by atoms with E-state index in [1.54, 1.807) is 20.1 Å². The van der Waals surface area contributed by atoms with Crippen LogP contribution in [0.5, 0.6) is 0 Å². The van der Waals surface area contributed by atoms with Crippen LogP contribution in [0.4, 0.5) is 5.82 Å². The maximum absolute atomic E-state index is 11.4. The van der Waals surface area contributed by atoms with Crippen LogP contribution in [-0.4, -0.2) is 45.2 Å². The molecule has 0 aromatic carbocycles. The molecule has 0 fully saturated rings. The first-order valence-electron chi connectivity index (χ1n) is 5.93. The van der Waals surface area contributed by atoms with Crippen LogP contribution in [0.2, 0.25) is 0 Å². The summed E-state index contributed by atoms with van der Waals surface area (Å²) >= 11 is 6.03. The molecule has 19 heavy (non-hydrogen) atoms. The number of fused-ring (bicyclic) bond motifs is 1. The molecule has 2 rings (SSSR count). The highest BCUT2D eigenvalue weighted by Gasteiger charge is 2.07. The van der Waals surface area contributed by atoms with E-state index in [-0.39, 0.29) is 11.1 Å². The molecule has 2 aromatic rings. The first kappa shape index (κ1) is 13.8. The Balaban J connectivity index is 2.03. The maximum Gasteiger partial charge on any atom is 0.349 e. The number of hydrogen-bond donors (Lipinski definition) is 2. The van der Waals surface area contributed by atoms with Crippen molar-refractivity contribution in [2.45, 2.75) is 18.7 Å². The molecule has 0 aliphatic carbocycles. The molecule has 1 atom stereocenters. The molecule has 104 valence electrons. The third-order valence-electron chi connectivity index (χ3n) is 2.68. The Morgan fingerprint density at radius 2 is 2.42 bits per heavy atom. The summed E-state index contributed by atoms with van der Waals surface area (Å²) in [7, 11) is 1.62. The predicted octanol–water partition coefficient (Wildman–Crippen LogP) is 0.782. The molecule has 0 amide bonds. The minimum atomic E-state index is -0.285. The van der Waals surface area contributed by atoms with Crippen molar-refractivity contribution in [1.29, 1.82) is 0 Å². The van der Waals surface area contributed by atoms with Crippen molar-refractivity contribution in [3.63, 3.8) is 0 Å². The Kier molecular flexibility index (Phi) is 4.39. The lowest BCUT2D eigenvalue weighted by Crippen LogP contribution is -2.16. The van der Waals surface area contributed by atoms with Gasteiger partial charge in [-0.3, -0.25) is 0 Å². The number of rotatable bonds is 6. The number of ether oxygens (including phenoxy) is 1. The molecule has 7 nitrogen and oxygen atoms in total. The van der Waals surface area contributed by atoms with Crippen molar-refractivity contribution >= 4 is 23.1 Å². The largest absolute Gasteiger partial charge is 0.383 e. The zero-order valence-electron chi connectivity index (χ0n) is 10.8. The molecule has 2 aromatic heterocycles. The molecule has 0 radical (unpaired) electrons. The van der Waals surface area contributed by atoms with Crippen molar-refractivity contribution in [1.82, 2.24) is 19.6 Å². The number of hydrogen-bond acceptors (Lipinski definition) is 5. The molecule has 0 aliphatic heterocycles. The van der Waals surface area contributed by atoms with Crippen LogP contribution in [0.15, 0.2) is 10.9 Å². The highest BCUT2D eigenvalue weighted by atomic mass is 35.5. The van der Waals surface area contributed by atoms with Crippen molar-refractivity contribution in [2.75, 3.05) is 25.6 Å². The van der Waals surface area contributed by atoms with E-state index in [2.05, 4.69) is 20.5 Å². The second-order valence-electron chi connectivity index (χ2n) is 4.18. The van der Waals surface area contributed by atoms with Crippen molar-refractivity contribution in [3.05, 3.63) is 22.4 Å². The zero-order valence-corrected chi connectivity index (χ0v) is 11.6. The smallest absolute Gasteiger partial charge is 0.349 e. The molecule has 0 saturated heterocycles. The Labute approximate surface area is 114 Å². The van der Waals surface area contributed by atoms with Gasteiger partial charge in [-0.15, -0.1) is 11.6 Å². The van der Waals surface area contributed by atoms with Gasteiger partial charge in [0.2, 0.25) is 0 Å². The van der Waals surface area contributed by atoms with E-state index >= 15 is 0 Å². The van der Waals surface area contributed by atoms with Gasteiger partial charge in [-0.2, -0.15) is 5.10 Å². The highest BCUT2D eigenvalue weighted by molar-refractivity contribution is 6.20. The number of aromatic amines is 1. The highest BCUT2D eigenvalue weighted by Crippen LogP contribution is 2.09. The van der Waals surface area contributed by atoms with E-state index in [0.29, 0.717) is 30.4 Å². The van der Waals surface area contributed by atoms with E-state index in [4.69, 9.17) is 16.3 Å². The molecule has 1 unspecified atom stereocenters. The van der Waals surface area contributed by atoms with Gasteiger partial charge in [0.1, 0.15) is 11.6 Å². The van der Waals surface area contributed by atoms with Crippen molar-refractivity contribution in [3.8, 4) is 0 Å². The van der Waals surface area contributed by atoms with Crippen LogP contribution in [0, 0.1) is 6.92 Å². The van der Waals surface area contributed by atoms with Crippen LogP contribution in [0.25, 0.3) is 5.65 Å². The van der Waals surface area contributed by atoms with Gasteiger partial charge in [-0.25, -0.2) is 19.3 Å². The number of nitrogens with one attached hydrogen (secondary N) is 2. The van der Waals surface area contributed by atoms with E-state index in [0.717, 1.165) is 6.42 Å². The summed E-state index contributed by atoms with van der Waals surface area (Å²) in [5, 5.41) is 9.42. The van der Waals surface area contributed by atoms with Gasteiger partial charge in [0.25, 0.3) is 0 Å². The quantitative estimate of drug-likeness (QED) is 0.766. The third kappa shape index (κ3) is 3.24. The van der Waals surface area contributed by atoms with Gasteiger partial charge >= 0.3 is 5.69 Å². The van der Waals surface area contributed by atoms with Crippen LogP contribution in [0.3, 0.4) is 0 Å². The fraction of sp³-hybridized carbons (Fsp3) is 0.545. The van der Waals surface area contributed by atoms with E-state index < -0.39 is 0 Å². The summed E-state index contributed by atoms with van der Waals surface area (Å²) in [4.78, 5) is 15.7. The first-order chi connectivity index (χ1) is 9.11. The second kappa shape index (κ2) is 6.03. The van der Waals surface area contributed by atoms with Gasteiger partial charge in [-0.1, -0.05) is 0 Å². The maximum atomic E-state index is 11.4. The van der Waals surface area contributed by atoms with E-state index in [1.165, 1.54) is 4.40 Å². The minimum Gasteiger partial charge on any atom is -0.383 e. The van der Waals surface area contributed by atoms with E-state index in [1.807, 2.05) is 0 Å². The normalized spacial score (nSPS) is 12.8. The van der Waals surface area contributed by atoms with Crippen LogP contribution >= 0.6 is 11.6 Å². The lowest BCUT2D eigenvalue weighted by Gasteiger charge is -2.10. The van der Waals surface area contributed by atoms with E-state index in [9.17, 15) is 4.79 Å². The van der Waals surface area contributed by atoms with Gasteiger partial charge in [-0.05, 0) is 13.3 Å². The fourth-order valence-corrected chi connectivity index (χ4v) is 2.04. The monoisotopic (exact) mass is 285 g/mol. The van der Waals surface area contributed by atoms with Gasteiger partial charge in [0.05, 0.1) is 12.0 Å². The van der Waals surface area contributed by atoms with Crippen LogP contribution < -0.4 is 11.0 Å². The molecule has 0 saturated carbocycles. The summed E-state index contributed by atoms with van der Waals surface area (Å²) in [5.74, 6) is 1.25. The zero-order chi connectivity index (χ0) is 13.8. The second-order valence-corrected chi connectivity index (χ2v) is 4.80. The molecule has 0 aliphatic rings. The van der Waals surface area contributed by atoms with Crippen molar-refractivity contribution in [2.24, 2.45) is 0 Å². The third-order valence-corrected chi connectivity index (χ3v) is 3.03. The fourth-order valence-electron chi connectivity index (χ4n) is 1.81. The van der Waals surface area contributed by atoms with Crippen LogP contribution in [-0.2, 0) is 4.74 Å². The average molecular weight is 286 g/mol. The lowest BCUT2D eigenvalue weighted by molar-refractivity contribution is 0.196. The summed E-state index contributed by atoms with van der Waals surface area (Å²) < 4.78 is 6.38. The molecular formula is C11H16ClN5O2. The van der Waals surface area contributed by atoms with Gasteiger partial charge in [0.15, 0.2) is 5.65 Å². The number of anilines is 1.